The molecule has 0 radical (unpaired) electrons. The Morgan fingerprint density at radius 2 is 1.78 bits per heavy atom. The lowest BCUT2D eigenvalue weighted by atomic mass is 9.94. The molecule has 3 aromatic rings. The highest BCUT2D eigenvalue weighted by Crippen LogP contribution is 2.34. The van der Waals surface area contributed by atoms with Gasteiger partial charge in [-0.2, -0.15) is 18.3 Å². The third-order valence-corrected chi connectivity index (χ3v) is 5.72. The summed E-state index contributed by atoms with van der Waals surface area (Å²) in [6.07, 6.45) is 2.81. The largest absolute Gasteiger partial charge is 0.487 e. The van der Waals surface area contributed by atoms with Crippen LogP contribution in [0.25, 0.3) is 11.3 Å². The van der Waals surface area contributed by atoms with Crippen molar-refractivity contribution in [3.05, 3.63) is 93.8 Å². The van der Waals surface area contributed by atoms with Crippen LogP contribution >= 0.6 is 23.2 Å². The third-order valence-electron chi connectivity index (χ3n) is 5.11. The first-order valence-electron chi connectivity index (χ1n) is 9.94. The van der Waals surface area contributed by atoms with Crippen LogP contribution in [0.1, 0.15) is 30.3 Å². The van der Waals surface area contributed by atoms with Crippen molar-refractivity contribution in [2.45, 2.75) is 26.1 Å². The van der Waals surface area contributed by atoms with Gasteiger partial charge in [0.2, 0.25) is 0 Å². The molecule has 1 heterocycles. The molecular weight excluding hydrogens is 460 g/mol. The van der Waals surface area contributed by atoms with Crippen molar-refractivity contribution in [1.82, 2.24) is 9.78 Å². The Hall–Kier alpha value is -2.70. The molecular formula is C24H19Cl2F3N2O. The fourth-order valence-electron chi connectivity index (χ4n) is 3.39. The Kier molecular flexibility index (Phi) is 6.35. The van der Waals surface area contributed by atoms with Gasteiger partial charge in [-0.1, -0.05) is 66.6 Å². The summed E-state index contributed by atoms with van der Waals surface area (Å²) < 4.78 is 46.8. The highest BCUT2D eigenvalue weighted by atomic mass is 35.5. The predicted molar refractivity (Wildman–Crippen MR) is 120 cm³/mol. The van der Waals surface area contributed by atoms with E-state index in [1.807, 2.05) is 12.1 Å². The van der Waals surface area contributed by atoms with Crippen molar-refractivity contribution >= 4 is 28.8 Å². The lowest BCUT2D eigenvalue weighted by molar-refractivity contribution is -0.141. The Bertz CT molecular complexity index is 1160. The monoisotopic (exact) mass is 478 g/mol. The van der Waals surface area contributed by atoms with E-state index in [1.54, 1.807) is 18.2 Å². The SMILES string of the molecule is CC1C=CC(c2ccc(OCc3cc(C(F)(F)F)nn3-c3c(Cl)cccc3Cl)cc2)=CC1. The molecule has 0 bridgehead atoms. The van der Waals surface area contributed by atoms with Crippen LogP contribution in [0.4, 0.5) is 13.2 Å². The molecule has 0 saturated carbocycles. The van der Waals surface area contributed by atoms with Gasteiger partial charge in [-0.15, -0.1) is 0 Å². The van der Waals surface area contributed by atoms with Crippen LogP contribution in [-0.2, 0) is 12.8 Å². The summed E-state index contributed by atoms with van der Waals surface area (Å²) in [5.41, 5.74) is 1.48. The first-order valence-corrected chi connectivity index (χ1v) is 10.7. The van der Waals surface area contributed by atoms with Crippen LogP contribution in [0.2, 0.25) is 10.0 Å². The van der Waals surface area contributed by atoms with Crippen LogP contribution < -0.4 is 4.74 Å². The molecule has 0 spiro atoms. The van der Waals surface area contributed by atoms with E-state index < -0.39 is 11.9 Å². The number of alkyl halides is 3. The number of halogens is 5. The van der Waals surface area contributed by atoms with Crippen LogP contribution in [0, 0.1) is 5.92 Å². The molecule has 166 valence electrons. The second-order valence-corrected chi connectivity index (χ2v) is 8.36. The van der Waals surface area contributed by atoms with E-state index >= 15 is 0 Å². The normalized spacial score (nSPS) is 16.2. The predicted octanol–water partition coefficient (Wildman–Crippen LogP) is 7.76. The van der Waals surface area contributed by atoms with Gasteiger partial charge in [-0.3, -0.25) is 0 Å². The zero-order valence-corrected chi connectivity index (χ0v) is 18.5. The summed E-state index contributed by atoms with van der Waals surface area (Å²) in [5.74, 6) is 1.05. The number of hydrogen-bond acceptors (Lipinski definition) is 2. The van der Waals surface area contributed by atoms with Crippen molar-refractivity contribution < 1.29 is 17.9 Å². The molecule has 1 aliphatic carbocycles. The molecule has 32 heavy (non-hydrogen) atoms. The number of para-hydroxylation sites is 1. The van der Waals surface area contributed by atoms with E-state index in [2.05, 4.69) is 30.3 Å². The molecule has 3 nitrogen and oxygen atoms in total. The van der Waals surface area contributed by atoms with E-state index in [-0.39, 0.29) is 28.0 Å². The quantitative estimate of drug-likeness (QED) is 0.374. The molecule has 0 amide bonds. The van der Waals surface area contributed by atoms with Gasteiger partial charge in [0.15, 0.2) is 5.69 Å². The minimum absolute atomic E-state index is 0.149. The second kappa shape index (κ2) is 9.04. The van der Waals surface area contributed by atoms with Gasteiger partial charge in [0.05, 0.1) is 15.7 Å². The molecule has 0 fully saturated rings. The molecule has 1 aliphatic rings. The van der Waals surface area contributed by atoms with Gasteiger partial charge in [-0.25, -0.2) is 4.68 Å². The Morgan fingerprint density at radius 3 is 2.38 bits per heavy atom. The molecule has 2 aromatic carbocycles. The summed E-state index contributed by atoms with van der Waals surface area (Å²) in [6, 6.07) is 13.0. The van der Waals surface area contributed by atoms with Gasteiger partial charge in [0.25, 0.3) is 0 Å². The highest BCUT2D eigenvalue weighted by molar-refractivity contribution is 6.37. The van der Waals surface area contributed by atoms with Crippen LogP contribution in [0.3, 0.4) is 0 Å². The maximum atomic E-state index is 13.3. The Morgan fingerprint density at radius 1 is 1.09 bits per heavy atom. The van der Waals surface area contributed by atoms with Crippen molar-refractivity contribution in [1.29, 1.82) is 0 Å². The number of ether oxygens (including phenoxy) is 1. The number of rotatable bonds is 5. The third kappa shape index (κ3) is 4.87. The maximum Gasteiger partial charge on any atom is 0.435 e. The molecule has 1 unspecified atom stereocenters. The van der Waals surface area contributed by atoms with E-state index in [1.165, 1.54) is 12.1 Å². The standard InChI is InChI=1S/C24H19Cl2F3N2O/c1-15-5-7-16(8-6-15)17-9-11-19(12-10-17)32-14-18-13-22(24(27,28)29)30-31(18)23-20(25)3-2-4-21(23)26/h2-5,7-13,15H,6,14H2,1H3. The Balaban J connectivity index is 1.58. The highest BCUT2D eigenvalue weighted by Gasteiger charge is 2.35. The van der Waals surface area contributed by atoms with Crippen molar-refractivity contribution in [2.24, 2.45) is 5.92 Å². The van der Waals surface area contributed by atoms with Gasteiger partial charge >= 0.3 is 6.18 Å². The smallest absolute Gasteiger partial charge is 0.435 e. The van der Waals surface area contributed by atoms with Crippen LogP contribution in [-0.4, -0.2) is 9.78 Å². The first-order chi connectivity index (χ1) is 15.2. The molecule has 1 atom stereocenters. The minimum Gasteiger partial charge on any atom is -0.487 e. The Labute approximate surface area is 193 Å². The van der Waals surface area contributed by atoms with Gasteiger partial charge in [-0.05, 0) is 53.8 Å². The average Bonchev–Trinajstić information content (AvgIpc) is 3.17. The lowest BCUT2D eigenvalue weighted by Crippen LogP contribution is -2.09. The molecule has 0 aliphatic heterocycles. The average molecular weight is 479 g/mol. The number of aromatic nitrogens is 2. The maximum absolute atomic E-state index is 13.3. The van der Waals surface area contributed by atoms with Crippen molar-refractivity contribution in [3.63, 3.8) is 0 Å². The number of hydrogen-bond donors (Lipinski definition) is 0. The fourth-order valence-corrected chi connectivity index (χ4v) is 3.95. The van der Waals surface area contributed by atoms with E-state index in [0.29, 0.717) is 11.7 Å². The summed E-state index contributed by atoms with van der Waals surface area (Å²) in [4.78, 5) is 0. The zero-order chi connectivity index (χ0) is 22.9. The zero-order valence-electron chi connectivity index (χ0n) is 17.0. The molecule has 1 aromatic heterocycles. The van der Waals surface area contributed by atoms with Gasteiger partial charge in [0, 0.05) is 0 Å². The van der Waals surface area contributed by atoms with Crippen molar-refractivity contribution in [3.8, 4) is 11.4 Å². The molecule has 0 N–H and O–H groups in total. The first kappa shape index (κ1) is 22.5. The topological polar surface area (TPSA) is 27.1 Å². The second-order valence-electron chi connectivity index (χ2n) is 7.55. The number of allylic oxidation sites excluding steroid dienone is 4. The molecule has 8 heteroatoms. The van der Waals surface area contributed by atoms with Gasteiger partial charge in [0.1, 0.15) is 18.0 Å². The summed E-state index contributed by atoms with van der Waals surface area (Å²) in [5, 5.41) is 4.06. The summed E-state index contributed by atoms with van der Waals surface area (Å²) in [6.45, 7) is 2.01. The van der Waals surface area contributed by atoms with Crippen molar-refractivity contribution in [2.75, 3.05) is 0 Å². The lowest BCUT2D eigenvalue weighted by Gasteiger charge is -2.13. The molecule has 0 saturated heterocycles. The molecule has 4 rings (SSSR count). The van der Waals surface area contributed by atoms with E-state index in [4.69, 9.17) is 27.9 Å². The fraction of sp³-hybridized carbons (Fsp3) is 0.208. The minimum atomic E-state index is -4.62. The van der Waals surface area contributed by atoms with Gasteiger partial charge < -0.3 is 4.74 Å². The number of nitrogens with zero attached hydrogens (tertiary/aromatic N) is 2. The summed E-state index contributed by atoms with van der Waals surface area (Å²) in [7, 11) is 0. The van der Waals surface area contributed by atoms with E-state index in [9.17, 15) is 13.2 Å². The summed E-state index contributed by atoms with van der Waals surface area (Å²) >= 11 is 12.4. The van der Waals surface area contributed by atoms with E-state index in [0.717, 1.165) is 28.3 Å². The van der Waals surface area contributed by atoms with Crippen LogP contribution in [0.5, 0.6) is 5.75 Å². The van der Waals surface area contributed by atoms with Crippen LogP contribution in [0.15, 0.2) is 66.8 Å². The number of benzene rings is 2.